The minimum absolute atomic E-state index is 0.0634. The molecule has 2 N–H and O–H groups in total. The number of carbonyl (C=O) groups excluding carboxylic acids is 2. The van der Waals surface area contributed by atoms with Crippen molar-refractivity contribution in [2.75, 3.05) is 26.9 Å². The molecule has 0 spiro atoms. The highest BCUT2D eigenvalue weighted by Crippen LogP contribution is 2.44. The van der Waals surface area contributed by atoms with Crippen LogP contribution in [0.25, 0.3) is 0 Å². The molecule has 4 atom stereocenters. The number of ether oxygens (including phenoxy) is 3. The fraction of sp³-hybridized carbons (Fsp3) is 0.714. The van der Waals surface area contributed by atoms with Crippen LogP contribution in [-0.4, -0.2) is 55.2 Å². The maximum Gasteiger partial charge on any atom is 0.337 e. The molecule has 0 amide bonds. The van der Waals surface area contributed by atoms with Gasteiger partial charge in [0.2, 0.25) is 0 Å². The fourth-order valence-electron chi connectivity index (χ4n) is 2.97. The van der Waals surface area contributed by atoms with Crippen molar-refractivity contribution in [3.8, 4) is 0 Å². The second-order valence-electron chi connectivity index (χ2n) is 5.32. The summed E-state index contributed by atoms with van der Waals surface area (Å²) in [5.41, 5.74) is 0.458. The Hall–Kier alpha value is -1.60. The minimum atomic E-state index is -1.07. The summed E-state index contributed by atoms with van der Waals surface area (Å²) in [4.78, 5) is 23.8. The van der Waals surface area contributed by atoms with Crippen molar-refractivity contribution in [3.63, 3.8) is 0 Å². The molecule has 0 aromatic heterocycles. The number of esters is 2. The highest BCUT2D eigenvalue weighted by atomic mass is 16.5. The Labute approximate surface area is 122 Å². The van der Waals surface area contributed by atoms with E-state index in [1.807, 2.05) is 0 Å². The number of aliphatic hydroxyl groups is 2. The van der Waals surface area contributed by atoms with E-state index < -0.39 is 24.6 Å². The Morgan fingerprint density at radius 1 is 1.48 bits per heavy atom. The van der Waals surface area contributed by atoms with Crippen LogP contribution < -0.4 is 0 Å². The monoisotopic (exact) mass is 300 g/mol. The summed E-state index contributed by atoms with van der Waals surface area (Å²) >= 11 is 0. The van der Waals surface area contributed by atoms with Gasteiger partial charge in [0.25, 0.3) is 0 Å². The number of fused-ring (bicyclic) bond motifs is 1. The van der Waals surface area contributed by atoms with Gasteiger partial charge in [0, 0.05) is 11.8 Å². The van der Waals surface area contributed by atoms with Crippen molar-refractivity contribution in [2.45, 2.75) is 18.9 Å². The van der Waals surface area contributed by atoms with Crippen LogP contribution in [-0.2, 0) is 23.8 Å². The molecule has 7 nitrogen and oxygen atoms in total. The van der Waals surface area contributed by atoms with Crippen LogP contribution in [0.15, 0.2) is 11.8 Å². The largest absolute Gasteiger partial charge is 0.500 e. The summed E-state index contributed by atoms with van der Waals surface area (Å²) in [7, 11) is 1.31. The summed E-state index contributed by atoms with van der Waals surface area (Å²) in [6, 6.07) is 0. The van der Waals surface area contributed by atoms with Crippen LogP contribution >= 0.6 is 0 Å². The van der Waals surface area contributed by atoms with Crippen LogP contribution in [0.2, 0.25) is 0 Å². The first-order valence-corrected chi connectivity index (χ1v) is 6.94. The maximum atomic E-state index is 12.1. The van der Waals surface area contributed by atoms with Crippen molar-refractivity contribution >= 4 is 11.9 Å². The van der Waals surface area contributed by atoms with Crippen molar-refractivity contribution in [1.29, 1.82) is 0 Å². The SMILES string of the molecule is COC(=O)C1=COCC2C(C(=O)OCC(O)CO)CCC12. The van der Waals surface area contributed by atoms with Gasteiger partial charge in [-0.05, 0) is 12.8 Å². The van der Waals surface area contributed by atoms with Gasteiger partial charge in [0.1, 0.15) is 12.7 Å². The first kappa shape index (κ1) is 15.8. The summed E-state index contributed by atoms with van der Waals surface area (Å²) < 4.78 is 15.0. The van der Waals surface area contributed by atoms with E-state index in [1.165, 1.54) is 13.4 Å². The van der Waals surface area contributed by atoms with E-state index in [0.29, 0.717) is 25.0 Å². The van der Waals surface area contributed by atoms with Gasteiger partial charge < -0.3 is 24.4 Å². The zero-order valence-corrected chi connectivity index (χ0v) is 11.9. The molecule has 1 fully saturated rings. The number of rotatable bonds is 5. The van der Waals surface area contributed by atoms with Crippen LogP contribution in [0.1, 0.15) is 12.8 Å². The van der Waals surface area contributed by atoms with Gasteiger partial charge in [-0.15, -0.1) is 0 Å². The average Bonchev–Trinajstić information content (AvgIpc) is 2.95. The summed E-state index contributed by atoms with van der Waals surface area (Å²) in [6.45, 7) is -0.334. The zero-order valence-electron chi connectivity index (χ0n) is 11.9. The average molecular weight is 300 g/mol. The number of hydrogen-bond donors (Lipinski definition) is 2. The molecule has 2 aliphatic rings. The van der Waals surface area contributed by atoms with E-state index in [1.54, 1.807) is 0 Å². The van der Waals surface area contributed by atoms with Gasteiger partial charge in [-0.25, -0.2) is 4.79 Å². The quantitative estimate of drug-likeness (QED) is 0.667. The molecule has 2 rings (SSSR count). The van der Waals surface area contributed by atoms with E-state index in [-0.39, 0.29) is 24.4 Å². The Bertz CT molecular complexity index is 431. The summed E-state index contributed by atoms with van der Waals surface area (Å²) in [6.07, 6.45) is 1.63. The highest BCUT2D eigenvalue weighted by Gasteiger charge is 2.46. The van der Waals surface area contributed by atoms with Crippen LogP contribution in [0.4, 0.5) is 0 Å². The predicted octanol–water partition coefficient (Wildman–Crippen LogP) is -0.388. The Morgan fingerprint density at radius 3 is 2.90 bits per heavy atom. The first-order valence-electron chi connectivity index (χ1n) is 6.94. The van der Waals surface area contributed by atoms with Gasteiger partial charge in [-0.2, -0.15) is 0 Å². The second-order valence-corrected chi connectivity index (χ2v) is 5.32. The Balaban J connectivity index is 1.98. The smallest absolute Gasteiger partial charge is 0.337 e. The van der Waals surface area contributed by atoms with Gasteiger partial charge in [-0.3, -0.25) is 4.79 Å². The molecule has 0 radical (unpaired) electrons. The highest BCUT2D eigenvalue weighted by molar-refractivity contribution is 5.89. The van der Waals surface area contributed by atoms with E-state index in [4.69, 9.17) is 19.3 Å². The van der Waals surface area contributed by atoms with Crippen molar-refractivity contribution in [1.82, 2.24) is 0 Å². The third-order valence-corrected chi connectivity index (χ3v) is 4.07. The molecular weight excluding hydrogens is 280 g/mol. The topological polar surface area (TPSA) is 102 Å². The van der Waals surface area contributed by atoms with E-state index in [2.05, 4.69) is 0 Å². The normalized spacial score (nSPS) is 28.9. The number of hydrogen-bond acceptors (Lipinski definition) is 7. The van der Waals surface area contributed by atoms with E-state index in [0.717, 1.165) is 0 Å². The molecule has 7 heteroatoms. The lowest BCUT2D eigenvalue weighted by atomic mass is 9.84. The zero-order chi connectivity index (χ0) is 15.4. The van der Waals surface area contributed by atoms with Crippen LogP contribution in [0.3, 0.4) is 0 Å². The van der Waals surface area contributed by atoms with Gasteiger partial charge in [0.05, 0.1) is 38.1 Å². The maximum absolute atomic E-state index is 12.1. The lowest BCUT2D eigenvalue weighted by Gasteiger charge is -2.28. The lowest BCUT2D eigenvalue weighted by Crippen LogP contribution is -2.33. The Kier molecular flexibility index (Phi) is 5.19. The van der Waals surface area contributed by atoms with E-state index in [9.17, 15) is 14.7 Å². The molecule has 1 aliphatic heterocycles. The molecule has 0 aromatic rings. The van der Waals surface area contributed by atoms with Crippen molar-refractivity contribution in [2.24, 2.45) is 17.8 Å². The van der Waals surface area contributed by atoms with Gasteiger partial charge in [0.15, 0.2) is 0 Å². The predicted molar refractivity (Wildman–Crippen MR) is 69.8 cm³/mol. The molecular formula is C14H20O7. The number of carbonyl (C=O) groups is 2. The first-order chi connectivity index (χ1) is 10.1. The molecule has 118 valence electrons. The summed E-state index contributed by atoms with van der Waals surface area (Å²) in [5.74, 6) is -1.41. The number of aliphatic hydroxyl groups excluding tert-OH is 2. The van der Waals surface area contributed by atoms with Gasteiger partial charge in [-0.1, -0.05) is 0 Å². The van der Waals surface area contributed by atoms with Gasteiger partial charge >= 0.3 is 11.9 Å². The molecule has 1 aliphatic carbocycles. The molecule has 0 bridgehead atoms. The summed E-state index contributed by atoms with van der Waals surface area (Å²) in [5, 5.41) is 17.9. The lowest BCUT2D eigenvalue weighted by molar-refractivity contribution is -0.154. The van der Waals surface area contributed by atoms with E-state index >= 15 is 0 Å². The minimum Gasteiger partial charge on any atom is -0.500 e. The van der Waals surface area contributed by atoms with Crippen molar-refractivity contribution < 1.29 is 34.0 Å². The van der Waals surface area contributed by atoms with Crippen LogP contribution in [0.5, 0.6) is 0 Å². The third-order valence-electron chi connectivity index (χ3n) is 4.07. The second kappa shape index (κ2) is 6.91. The molecule has 0 saturated heterocycles. The third kappa shape index (κ3) is 3.36. The standard InChI is InChI=1S/C14H20O7/c1-19-13(17)12-7-20-6-11-9(12)2-3-10(11)14(18)21-5-8(16)4-15/h7-11,15-16H,2-6H2,1H3. The molecule has 4 unspecified atom stereocenters. The number of methoxy groups -OCH3 is 1. The Morgan fingerprint density at radius 2 is 2.24 bits per heavy atom. The molecule has 0 aromatic carbocycles. The van der Waals surface area contributed by atoms with Crippen molar-refractivity contribution in [3.05, 3.63) is 11.8 Å². The molecule has 21 heavy (non-hydrogen) atoms. The van der Waals surface area contributed by atoms with Crippen LogP contribution in [0, 0.1) is 17.8 Å². The molecule has 1 heterocycles. The molecule has 1 saturated carbocycles. The fourth-order valence-corrected chi connectivity index (χ4v) is 2.97.